The number of nitrogens with zero attached hydrogens (tertiary/aromatic N) is 3. The topological polar surface area (TPSA) is 79.4 Å². The van der Waals surface area contributed by atoms with Crippen LogP contribution in [0.25, 0.3) is 11.3 Å². The number of methoxy groups -OCH3 is 1. The zero-order valence-corrected chi connectivity index (χ0v) is 20.9. The van der Waals surface area contributed by atoms with Gasteiger partial charge in [0, 0.05) is 56.4 Å². The maximum atomic E-state index is 12.3. The molecule has 0 aliphatic carbocycles. The maximum absolute atomic E-state index is 12.3. The molecule has 0 bridgehead atoms. The second kappa shape index (κ2) is 11.6. The van der Waals surface area contributed by atoms with Gasteiger partial charge in [-0.3, -0.25) is 4.79 Å². The predicted octanol–water partition coefficient (Wildman–Crippen LogP) is 4.50. The van der Waals surface area contributed by atoms with Crippen molar-refractivity contribution in [2.75, 3.05) is 50.6 Å². The van der Waals surface area contributed by atoms with Crippen molar-refractivity contribution in [2.45, 2.75) is 6.42 Å². The van der Waals surface area contributed by atoms with Gasteiger partial charge in [0.25, 0.3) is 5.91 Å². The Morgan fingerprint density at radius 2 is 2.00 bits per heavy atom. The molecule has 1 aliphatic heterocycles. The highest BCUT2D eigenvalue weighted by Crippen LogP contribution is 2.39. The summed E-state index contributed by atoms with van der Waals surface area (Å²) in [5.41, 5.74) is 3.36. The lowest BCUT2D eigenvalue weighted by Gasteiger charge is -2.25. The second-order valence-electron chi connectivity index (χ2n) is 7.85. The van der Waals surface area contributed by atoms with Crippen LogP contribution in [0.4, 0.5) is 11.4 Å². The van der Waals surface area contributed by atoms with Gasteiger partial charge in [-0.25, -0.2) is 9.97 Å². The van der Waals surface area contributed by atoms with E-state index in [0.29, 0.717) is 27.7 Å². The highest BCUT2D eigenvalue weighted by Gasteiger charge is 2.17. The Balaban J connectivity index is 1.57. The SMILES string of the molecule is CNC(=O)c1ccccc1Nc1c(Cl)cc(-c2ccnc(CCN3CCSCC3)n2)cc1OC. The van der Waals surface area contributed by atoms with Gasteiger partial charge >= 0.3 is 0 Å². The van der Waals surface area contributed by atoms with Crippen LogP contribution in [0.5, 0.6) is 5.75 Å². The first-order valence-electron chi connectivity index (χ1n) is 11.2. The average Bonchev–Trinajstić information content (AvgIpc) is 2.89. The van der Waals surface area contributed by atoms with E-state index >= 15 is 0 Å². The van der Waals surface area contributed by atoms with Crippen molar-refractivity contribution in [3.8, 4) is 17.0 Å². The average molecular weight is 498 g/mol. The Kier molecular flexibility index (Phi) is 8.26. The van der Waals surface area contributed by atoms with Crippen LogP contribution in [0.2, 0.25) is 5.02 Å². The summed E-state index contributed by atoms with van der Waals surface area (Å²) in [5, 5.41) is 6.39. The molecule has 178 valence electrons. The number of carbonyl (C=O) groups excluding carboxylic acids is 1. The van der Waals surface area contributed by atoms with Crippen LogP contribution < -0.4 is 15.4 Å². The van der Waals surface area contributed by atoms with E-state index in [0.717, 1.165) is 43.1 Å². The molecule has 0 spiro atoms. The van der Waals surface area contributed by atoms with Gasteiger partial charge in [-0.1, -0.05) is 23.7 Å². The van der Waals surface area contributed by atoms with Gasteiger partial charge < -0.3 is 20.3 Å². The third-order valence-corrected chi connectivity index (χ3v) is 6.93. The van der Waals surface area contributed by atoms with Gasteiger partial charge in [-0.05, 0) is 30.3 Å². The first-order valence-corrected chi connectivity index (χ1v) is 12.7. The van der Waals surface area contributed by atoms with E-state index in [1.54, 1.807) is 26.4 Å². The van der Waals surface area contributed by atoms with E-state index in [9.17, 15) is 4.79 Å². The number of amides is 1. The number of nitrogens with one attached hydrogen (secondary N) is 2. The molecule has 0 atom stereocenters. The molecule has 1 aromatic heterocycles. The van der Waals surface area contributed by atoms with E-state index in [1.165, 1.54) is 11.5 Å². The maximum Gasteiger partial charge on any atom is 0.253 e. The molecule has 34 heavy (non-hydrogen) atoms. The van der Waals surface area contributed by atoms with Gasteiger partial charge in [0.1, 0.15) is 17.3 Å². The minimum atomic E-state index is -0.188. The van der Waals surface area contributed by atoms with Crippen molar-refractivity contribution in [1.29, 1.82) is 0 Å². The van der Waals surface area contributed by atoms with Crippen molar-refractivity contribution in [1.82, 2.24) is 20.2 Å². The fraction of sp³-hybridized carbons (Fsp3) is 0.320. The van der Waals surface area contributed by atoms with Gasteiger partial charge in [0.2, 0.25) is 0 Å². The normalized spacial score (nSPS) is 14.0. The number of hydrogen-bond donors (Lipinski definition) is 2. The molecule has 2 aromatic carbocycles. The molecule has 2 heterocycles. The largest absolute Gasteiger partial charge is 0.494 e. The zero-order valence-electron chi connectivity index (χ0n) is 19.3. The summed E-state index contributed by atoms with van der Waals surface area (Å²) in [5.74, 6) is 3.56. The second-order valence-corrected chi connectivity index (χ2v) is 9.48. The van der Waals surface area contributed by atoms with Crippen LogP contribution in [-0.2, 0) is 6.42 Å². The molecule has 4 rings (SSSR count). The van der Waals surface area contributed by atoms with E-state index in [-0.39, 0.29) is 5.91 Å². The number of para-hydroxylation sites is 1. The number of benzene rings is 2. The number of rotatable bonds is 8. The van der Waals surface area contributed by atoms with Crippen molar-refractivity contribution < 1.29 is 9.53 Å². The van der Waals surface area contributed by atoms with E-state index in [2.05, 4.69) is 20.5 Å². The molecule has 7 nitrogen and oxygen atoms in total. The summed E-state index contributed by atoms with van der Waals surface area (Å²) in [7, 11) is 3.19. The van der Waals surface area contributed by atoms with Crippen LogP contribution in [0.15, 0.2) is 48.7 Å². The minimum absolute atomic E-state index is 0.188. The molecule has 2 N–H and O–H groups in total. The van der Waals surface area contributed by atoms with Crippen molar-refractivity contribution in [3.63, 3.8) is 0 Å². The third kappa shape index (κ3) is 5.81. The quantitative estimate of drug-likeness (QED) is 0.474. The van der Waals surface area contributed by atoms with Crippen molar-refractivity contribution >= 4 is 40.6 Å². The van der Waals surface area contributed by atoms with Crippen LogP contribution in [-0.4, -0.2) is 66.1 Å². The van der Waals surface area contributed by atoms with Crippen molar-refractivity contribution in [2.24, 2.45) is 0 Å². The van der Waals surface area contributed by atoms with Crippen LogP contribution in [0.1, 0.15) is 16.2 Å². The molecule has 1 saturated heterocycles. The van der Waals surface area contributed by atoms with Crippen LogP contribution in [0, 0.1) is 0 Å². The number of anilines is 2. The lowest BCUT2D eigenvalue weighted by Crippen LogP contribution is -2.34. The summed E-state index contributed by atoms with van der Waals surface area (Å²) >= 11 is 8.69. The van der Waals surface area contributed by atoms with E-state index in [1.807, 2.05) is 48.2 Å². The van der Waals surface area contributed by atoms with Crippen LogP contribution in [0.3, 0.4) is 0 Å². The third-order valence-electron chi connectivity index (χ3n) is 5.69. The number of hydrogen-bond acceptors (Lipinski definition) is 7. The summed E-state index contributed by atoms with van der Waals surface area (Å²) in [6.07, 6.45) is 2.59. The van der Waals surface area contributed by atoms with Crippen LogP contribution >= 0.6 is 23.4 Å². The molecular weight excluding hydrogens is 470 g/mol. The molecule has 0 radical (unpaired) electrons. The van der Waals surface area contributed by atoms with E-state index in [4.69, 9.17) is 21.3 Å². The van der Waals surface area contributed by atoms with Gasteiger partial charge in [0.15, 0.2) is 0 Å². The first kappa shape index (κ1) is 24.3. The number of aromatic nitrogens is 2. The highest BCUT2D eigenvalue weighted by atomic mass is 35.5. The molecule has 9 heteroatoms. The summed E-state index contributed by atoms with van der Waals surface area (Å²) in [4.78, 5) is 24.0. The molecule has 3 aromatic rings. The predicted molar refractivity (Wildman–Crippen MR) is 140 cm³/mol. The molecule has 0 unspecified atom stereocenters. The smallest absolute Gasteiger partial charge is 0.253 e. The molecule has 0 saturated carbocycles. The Bertz CT molecular complexity index is 1150. The molecule has 1 fully saturated rings. The molecular formula is C25H28ClN5O2S. The summed E-state index contributed by atoms with van der Waals surface area (Å²) in [6, 6.07) is 12.9. The fourth-order valence-electron chi connectivity index (χ4n) is 3.83. The van der Waals surface area contributed by atoms with Gasteiger partial charge in [-0.2, -0.15) is 11.8 Å². The zero-order chi connectivity index (χ0) is 23.9. The Labute approximate surface area is 209 Å². The van der Waals surface area contributed by atoms with Crippen molar-refractivity contribution in [3.05, 3.63) is 65.1 Å². The number of thioether (sulfide) groups is 1. The molecule has 1 amide bonds. The Morgan fingerprint density at radius 3 is 2.76 bits per heavy atom. The number of carbonyl (C=O) groups is 1. The minimum Gasteiger partial charge on any atom is -0.494 e. The number of ether oxygens (including phenoxy) is 1. The Morgan fingerprint density at radius 1 is 1.21 bits per heavy atom. The number of halogens is 1. The van der Waals surface area contributed by atoms with Gasteiger partial charge in [-0.15, -0.1) is 0 Å². The Hall–Kier alpha value is -2.81. The van der Waals surface area contributed by atoms with E-state index < -0.39 is 0 Å². The van der Waals surface area contributed by atoms with Gasteiger partial charge in [0.05, 0.1) is 29.1 Å². The molecule has 1 aliphatic rings. The lowest BCUT2D eigenvalue weighted by atomic mass is 10.1. The monoisotopic (exact) mass is 497 g/mol. The highest BCUT2D eigenvalue weighted by molar-refractivity contribution is 7.99. The first-order chi connectivity index (χ1) is 16.6. The summed E-state index contributed by atoms with van der Waals surface area (Å²) < 4.78 is 5.64. The lowest BCUT2D eigenvalue weighted by molar-refractivity contribution is 0.0964. The summed E-state index contributed by atoms with van der Waals surface area (Å²) in [6.45, 7) is 3.20. The fourth-order valence-corrected chi connectivity index (χ4v) is 5.07. The standard InChI is InChI=1S/C25H28ClN5O2S/c1-27-25(32)18-5-3-4-6-21(18)30-24-19(26)15-17(16-22(24)33-2)20-7-9-28-23(29-20)8-10-31-11-13-34-14-12-31/h3-7,9,15-16,30H,8,10-14H2,1-2H3,(H,27,32).